The fourth-order valence-electron chi connectivity index (χ4n) is 1.88. The molecule has 1 aromatic rings. The summed E-state index contributed by atoms with van der Waals surface area (Å²) in [7, 11) is 0. The molecule has 108 valence electrons. The van der Waals surface area contributed by atoms with Crippen molar-refractivity contribution in [2.24, 2.45) is 5.41 Å². The van der Waals surface area contributed by atoms with Crippen LogP contribution in [0.4, 0.5) is 8.78 Å². The lowest BCUT2D eigenvalue weighted by molar-refractivity contribution is -0.154. The number of carboxylic acid groups (broad SMARTS) is 1. The highest BCUT2D eigenvalue weighted by molar-refractivity contribution is 6.02. The predicted molar refractivity (Wildman–Crippen MR) is 67.0 cm³/mol. The Morgan fingerprint density at radius 1 is 1.35 bits per heavy atom. The fraction of sp³-hybridized carbons (Fsp3) is 0.429. The van der Waals surface area contributed by atoms with Gasteiger partial charge in [0.1, 0.15) is 5.41 Å². The van der Waals surface area contributed by atoms with Crippen molar-refractivity contribution in [2.45, 2.75) is 32.2 Å². The SMILES string of the molecule is CC(Cc1ccc(F)c(F)c1)(C(=O)O)C(=O)NC1CC1. The number of hydrogen-bond acceptors (Lipinski definition) is 2. The molecule has 0 heterocycles. The molecule has 20 heavy (non-hydrogen) atoms. The molecule has 0 spiro atoms. The summed E-state index contributed by atoms with van der Waals surface area (Å²) in [5.74, 6) is -3.95. The summed E-state index contributed by atoms with van der Waals surface area (Å²) in [4.78, 5) is 23.4. The number of carbonyl (C=O) groups excluding carboxylic acids is 1. The van der Waals surface area contributed by atoms with E-state index >= 15 is 0 Å². The maximum absolute atomic E-state index is 13.2. The van der Waals surface area contributed by atoms with Crippen LogP contribution in [0.15, 0.2) is 18.2 Å². The van der Waals surface area contributed by atoms with E-state index in [0.29, 0.717) is 0 Å². The Labute approximate surface area is 114 Å². The Balaban J connectivity index is 2.20. The van der Waals surface area contributed by atoms with E-state index in [9.17, 15) is 23.5 Å². The molecule has 1 amide bonds. The Kier molecular flexibility index (Phi) is 3.74. The van der Waals surface area contributed by atoms with Gasteiger partial charge in [0.25, 0.3) is 0 Å². The van der Waals surface area contributed by atoms with Gasteiger partial charge in [-0.2, -0.15) is 0 Å². The monoisotopic (exact) mass is 283 g/mol. The lowest BCUT2D eigenvalue weighted by atomic mass is 9.82. The highest BCUT2D eigenvalue weighted by Crippen LogP contribution is 2.27. The first kappa shape index (κ1) is 14.4. The van der Waals surface area contributed by atoms with Gasteiger partial charge in [-0.3, -0.25) is 9.59 Å². The maximum Gasteiger partial charge on any atom is 0.319 e. The zero-order valence-electron chi connectivity index (χ0n) is 11.0. The summed E-state index contributed by atoms with van der Waals surface area (Å²) < 4.78 is 26.0. The second-order valence-corrected chi connectivity index (χ2v) is 5.31. The minimum Gasteiger partial charge on any atom is -0.480 e. The fourth-order valence-corrected chi connectivity index (χ4v) is 1.88. The zero-order valence-corrected chi connectivity index (χ0v) is 11.0. The summed E-state index contributed by atoms with van der Waals surface area (Å²) in [6.45, 7) is 1.29. The molecule has 0 radical (unpaired) electrons. The summed E-state index contributed by atoms with van der Waals surface area (Å²) >= 11 is 0. The summed E-state index contributed by atoms with van der Waals surface area (Å²) in [6.07, 6.45) is 1.48. The summed E-state index contributed by atoms with van der Waals surface area (Å²) in [5, 5.41) is 11.9. The first-order valence-electron chi connectivity index (χ1n) is 6.31. The first-order valence-corrected chi connectivity index (χ1v) is 6.31. The second kappa shape index (κ2) is 5.19. The minimum atomic E-state index is -1.70. The Morgan fingerprint density at radius 3 is 2.50 bits per heavy atom. The van der Waals surface area contributed by atoms with E-state index in [1.807, 2.05) is 0 Å². The number of nitrogens with one attached hydrogen (secondary N) is 1. The average molecular weight is 283 g/mol. The lowest BCUT2D eigenvalue weighted by Crippen LogP contribution is -2.46. The molecule has 6 heteroatoms. The van der Waals surface area contributed by atoms with Gasteiger partial charge >= 0.3 is 5.97 Å². The van der Waals surface area contributed by atoms with Gasteiger partial charge in [0.2, 0.25) is 5.91 Å². The second-order valence-electron chi connectivity index (χ2n) is 5.31. The van der Waals surface area contributed by atoms with Crippen molar-refractivity contribution in [1.29, 1.82) is 0 Å². The molecule has 0 aliphatic heterocycles. The maximum atomic E-state index is 13.2. The number of rotatable bonds is 5. The van der Waals surface area contributed by atoms with Crippen molar-refractivity contribution in [1.82, 2.24) is 5.32 Å². The van der Waals surface area contributed by atoms with Crippen molar-refractivity contribution in [2.75, 3.05) is 0 Å². The minimum absolute atomic E-state index is 0.0335. The number of carbonyl (C=O) groups is 2. The van der Waals surface area contributed by atoms with Crippen LogP contribution in [0.1, 0.15) is 25.3 Å². The van der Waals surface area contributed by atoms with E-state index in [1.54, 1.807) is 0 Å². The van der Waals surface area contributed by atoms with Crippen LogP contribution in [0.3, 0.4) is 0 Å². The van der Waals surface area contributed by atoms with Crippen molar-refractivity contribution >= 4 is 11.9 Å². The third-order valence-corrected chi connectivity index (χ3v) is 3.43. The molecule has 1 fully saturated rings. The van der Waals surface area contributed by atoms with Crippen LogP contribution in [0, 0.1) is 17.0 Å². The molecule has 1 aromatic carbocycles. The average Bonchev–Trinajstić information content (AvgIpc) is 3.17. The predicted octanol–water partition coefficient (Wildman–Crippen LogP) is 1.88. The van der Waals surface area contributed by atoms with E-state index < -0.39 is 28.9 Å². The molecule has 4 nitrogen and oxygen atoms in total. The molecule has 1 unspecified atom stereocenters. The highest BCUT2D eigenvalue weighted by atomic mass is 19.2. The third-order valence-electron chi connectivity index (χ3n) is 3.43. The van der Waals surface area contributed by atoms with Gasteiger partial charge in [-0.25, -0.2) is 8.78 Å². The van der Waals surface area contributed by atoms with Gasteiger partial charge in [0.05, 0.1) is 0 Å². The number of carboxylic acids is 1. The van der Waals surface area contributed by atoms with E-state index in [0.717, 1.165) is 25.0 Å². The number of amides is 1. The standard InChI is InChI=1S/C14H15F2NO3/c1-14(13(19)20,12(18)17-9-3-4-9)7-8-2-5-10(15)11(16)6-8/h2,5-6,9H,3-4,7H2,1H3,(H,17,18)(H,19,20). The molecule has 1 aliphatic rings. The Morgan fingerprint density at radius 2 is 2.00 bits per heavy atom. The molecular formula is C14H15F2NO3. The van der Waals surface area contributed by atoms with E-state index in [4.69, 9.17) is 0 Å². The third kappa shape index (κ3) is 2.95. The molecule has 0 bridgehead atoms. The molecule has 1 saturated carbocycles. The highest BCUT2D eigenvalue weighted by Gasteiger charge is 2.43. The van der Waals surface area contributed by atoms with Crippen LogP contribution in [-0.4, -0.2) is 23.0 Å². The van der Waals surface area contributed by atoms with E-state index in [2.05, 4.69) is 5.32 Å². The van der Waals surface area contributed by atoms with Gasteiger partial charge < -0.3 is 10.4 Å². The quantitative estimate of drug-likeness (QED) is 0.811. The van der Waals surface area contributed by atoms with Crippen LogP contribution in [0.25, 0.3) is 0 Å². The molecular weight excluding hydrogens is 268 g/mol. The first-order chi connectivity index (χ1) is 9.33. The van der Waals surface area contributed by atoms with Crippen molar-refractivity contribution in [3.63, 3.8) is 0 Å². The van der Waals surface area contributed by atoms with Crippen LogP contribution >= 0.6 is 0 Å². The van der Waals surface area contributed by atoms with Crippen molar-refractivity contribution < 1.29 is 23.5 Å². The van der Waals surface area contributed by atoms with Gasteiger partial charge in [-0.15, -0.1) is 0 Å². The molecule has 0 aromatic heterocycles. The molecule has 1 atom stereocenters. The van der Waals surface area contributed by atoms with Crippen LogP contribution in [-0.2, 0) is 16.0 Å². The number of aliphatic carboxylic acids is 1. The van der Waals surface area contributed by atoms with E-state index in [-0.39, 0.29) is 18.0 Å². The van der Waals surface area contributed by atoms with Gasteiger partial charge in [0.15, 0.2) is 11.6 Å². The normalized spacial score (nSPS) is 17.4. The molecule has 2 rings (SSSR count). The number of halogens is 2. The summed E-state index contributed by atoms with van der Waals surface area (Å²) in [6, 6.07) is 3.16. The molecule has 2 N–H and O–H groups in total. The lowest BCUT2D eigenvalue weighted by Gasteiger charge is -2.24. The van der Waals surface area contributed by atoms with Crippen LogP contribution in [0.5, 0.6) is 0 Å². The topological polar surface area (TPSA) is 66.4 Å². The van der Waals surface area contributed by atoms with Gasteiger partial charge in [-0.1, -0.05) is 6.07 Å². The number of benzene rings is 1. The number of hydrogen-bond donors (Lipinski definition) is 2. The molecule has 1 aliphatic carbocycles. The van der Waals surface area contributed by atoms with Crippen LogP contribution in [0.2, 0.25) is 0 Å². The Bertz CT molecular complexity index is 557. The van der Waals surface area contributed by atoms with Crippen LogP contribution < -0.4 is 5.32 Å². The zero-order chi connectivity index (χ0) is 14.9. The van der Waals surface area contributed by atoms with Crippen molar-refractivity contribution in [3.8, 4) is 0 Å². The largest absolute Gasteiger partial charge is 0.480 e. The van der Waals surface area contributed by atoms with Crippen molar-refractivity contribution in [3.05, 3.63) is 35.4 Å². The smallest absolute Gasteiger partial charge is 0.319 e. The van der Waals surface area contributed by atoms with E-state index in [1.165, 1.54) is 13.0 Å². The van der Waals surface area contributed by atoms with Gasteiger partial charge in [0, 0.05) is 6.04 Å². The summed E-state index contributed by atoms with van der Waals surface area (Å²) in [5.41, 5.74) is -1.44. The van der Waals surface area contributed by atoms with Gasteiger partial charge in [-0.05, 0) is 43.9 Å². The molecule has 0 saturated heterocycles. The Hall–Kier alpha value is -1.98.